The number of benzene rings is 1. The fourth-order valence-electron chi connectivity index (χ4n) is 3.20. The number of carbonyl (C=O) groups is 1. The second-order valence-electron chi connectivity index (χ2n) is 6.02. The van der Waals surface area contributed by atoms with Crippen molar-refractivity contribution in [1.29, 1.82) is 0 Å². The molecule has 1 aliphatic carbocycles. The summed E-state index contributed by atoms with van der Waals surface area (Å²) in [6, 6.07) is 10.5. The maximum atomic E-state index is 11.7. The molecule has 0 saturated heterocycles. The molecule has 1 amide bonds. The van der Waals surface area contributed by atoms with Gasteiger partial charge >= 0.3 is 6.09 Å². The zero-order valence-corrected chi connectivity index (χ0v) is 13.4. The number of hydrogen-bond acceptors (Lipinski definition) is 2. The van der Waals surface area contributed by atoms with E-state index in [-0.39, 0.29) is 5.41 Å². The molecule has 0 aliphatic heterocycles. The van der Waals surface area contributed by atoms with Gasteiger partial charge in [-0.2, -0.15) is 0 Å². The standard InChI is InChI=1S/C17H24ClNO2/c1-14(18)21-16(20)19-13-17(10-6-3-7-11-17)12-15-8-4-2-5-9-15/h2,4-5,8-9,14H,3,6-7,10-13H2,1H3,(H,19,20). The Balaban J connectivity index is 1.98. The van der Waals surface area contributed by atoms with E-state index in [1.807, 2.05) is 6.07 Å². The van der Waals surface area contributed by atoms with Gasteiger partial charge in [0.25, 0.3) is 0 Å². The third-order valence-electron chi connectivity index (χ3n) is 4.21. The number of carbonyl (C=O) groups excluding carboxylic acids is 1. The van der Waals surface area contributed by atoms with Crippen LogP contribution in [-0.2, 0) is 11.2 Å². The van der Waals surface area contributed by atoms with Gasteiger partial charge in [0, 0.05) is 6.54 Å². The molecule has 1 fully saturated rings. The van der Waals surface area contributed by atoms with Gasteiger partial charge in [-0.15, -0.1) is 0 Å². The number of alkyl carbamates (subject to hydrolysis) is 1. The molecule has 1 aliphatic rings. The molecule has 0 spiro atoms. The van der Waals surface area contributed by atoms with E-state index in [0.717, 1.165) is 19.3 Å². The van der Waals surface area contributed by atoms with E-state index in [9.17, 15) is 4.79 Å². The van der Waals surface area contributed by atoms with Crippen LogP contribution >= 0.6 is 11.6 Å². The average molecular weight is 310 g/mol. The topological polar surface area (TPSA) is 38.3 Å². The van der Waals surface area contributed by atoms with Crippen molar-refractivity contribution in [2.24, 2.45) is 5.41 Å². The minimum absolute atomic E-state index is 0.147. The molecule has 116 valence electrons. The molecule has 2 rings (SSSR count). The lowest BCUT2D eigenvalue weighted by Gasteiger charge is -2.37. The van der Waals surface area contributed by atoms with Gasteiger partial charge in [-0.1, -0.05) is 61.2 Å². The summed E-state index contributed by atoms with van der Waals surface area (Å²) >= 11 is 5.68. The Morgan fingerprint density at radius 3 is 2.57 bits per heavy atom. The van der Waals surface area contributed by atoms with Gasteiger partial charge in [0.2, 0.25) is 0 Å². The lowest BCUT2D eigenvalue weighted by Crippen LogP contribution is -2.41. The smallest absolute Gasteiger partial charge is 0.408 e. The Bertz CT molecular complexity index is 441. The number of nitrogens with one attached hydrogen (secondary N) is 1. The summed E-state index contributed by atoms with van der Waals surface area (Å²) < 4.78 is 4.95. The predicted molar refractivity (Wildman–Crippen MR) is 85.5 cm³/mol. The first-order valence-electron chi connectivity index (χ1n) is 7.72. The molecule has 1 aromatic carbocycles. The summed E-state index contributed by atoms with van der Waals surface area (Å²) in [6.07, 6.45) is 6.64. The molecular weight excluding hydrogens is 286 g/mol. The van der Waals surface area contributed by atoms with E-state index in [0.29, 0.717) is 6.54 Å². The molecule has 3 nitrogen and oxygen atoms in total. The largest absolute Gasteiger partial charge is 0.430 e. The van der Waals surface area contributed by atoms with Gasteiger partial charge in [-0.05, 0) is 37.2 Å². The zero-order valence-electron chi connectivity index (χ0n) is 12.6. The normalized spacial score (nSPS) is 18.8. The molecular formula is C17H24ClNO2. The fraction of sp³-hybridized carbons (Fsp3) is 0.588. The number of amides is 1. The quantitative estimate of drug-likeness (QED) is 0.814. The molecule has 0 radical (unpaired) electrons. The summed E-state index contributed by atoms with van der Waals surface area (Å²) in [6.45, 7) is 2.30. The summed E-state index contributed by atoms with van der Waals surface area (Å²) in [5, 5.41) is 2.90. The molecule has 1 unspecified atom stereocenters. The SMILES string of the molecule is CC(Cl)OC(=O)NCC1(Cc2ccccc2)CCCCC1. The van der Waals surface area contributed by atoms with Crippen LogP contribution in [0.5, 0.6) is 0 Å². The van der Waals surface area contributed by atoms with Crippen molar-refractivity contribution >= 4 is 17.7 Å². The monoisotopic (exact) mass is 309 g/mol. The summed E-state index contributed by atoms with van der Waals surface area (Å²) in [5.74, 6) is 0. The molecule has 0 aromatic heterocycles. The zero-order chi connectivity index (χ0) is 15.1. The van der Waals surface area contributed by atoms with Gasteiger partial charge in [0.15, 0.2) is 5.56 Å². The van der Waals surface area contributed by atoms with Crippen molar-refractivity contribution in [1.82, 2.24) is 5.32 Å². The van der Waals surface area contributed by atoms with E-state index in [4.69, 9.17) is 16.3 Å². The number of ether oxygens (including phenoxy) is 1. The Kier molecular flexibility index (Phi) is 5.92. The van der Waals surface area contributed by atoms with Crippen LogP contribution < -0.4 is 5.32 Å². The van der Waals surface area contributed by atoms with Crippen molar-refractivity contribution in [3.63, 3.8) is 0 Å². The first kappa shape index (κ1) is 16.2. The minimum atomic E-state index is -0.596. The van der Waals surface area contributed by atoms with Crippen LogP contribution in [0.4, 0.5) is 4.79 Å². The molecule has 1 saturated carbocycles. The third-order valence-corrected chi connectivity index (χ3v) is 4.30. The number of rotatable bonds is 5. The molecule has 0 bridgehead atoms. The maximum Gasteiger partial charge on any atom is 0.408 e. The van der Waals surface area contributed by atoms with Crippen molar-refractivity contribution < 1.29 is 9.53 Å². The highest BCUT2D eigenvalue weighted by Crippen LogP contribution is 2.38. The highest BCUT2D eigenvalue weighted by molar-refractivity contribution is 6.19. The van der Waals surface area contributed by atoms with Crippen LogP contribution in [0.25, 0.3) is 0 Å². The highest BCUT2D eigenvalue weighted by Gasteiger charge is 2.32. The molecule has 0 heterocycles. The van der Waals surface area contributed by atoms with Crippen LogP contribution in [0.3, 0.4) is 0 Å². The number of halogens is 1. The second-order valence-corrected chi connectivity index (χ2v) is 6.64. The lowest BCUT2D eigenvalue weighted by atomic mass is 9.70. The minimum Gasteiger partial charge on any atom is -0.430 e. The first-order chi connectivity index (χ1) is 10.1. The van der Waals surface area contributed by atoms with E-state index < -0.39 is 11.7 Å². The Morgan fingerprint density at radius 1 is 1.29 bits per heavy atom. The van der Waals surface area contributed by atoms with Crippen molar-refractivity contribution in [2.75, 3.05) is 6.54 Å². The first-order valence-corrected chi connectivity index (χ1v) is 8.16. The van der Waals surface area contributed by atoms with E-state index in [1.165, 1.54) is 24.8 Å². The Hall–Kier alpha value is -1.22. The van der Waals surface area contributed by atoms with Crippen molar-refractivity contribution in [3.05, 3.63) is 35.9 Å². The lowest BCUT2D eigenvalue weighted by molar-refractivity contribution is 0.123. The Labute approximate surface area is 132 Å². The van der Waals surface area contributed by atoms with Gasteiger partial charge in [0.05, 0.1) is 0 Å². The third kappa shape index (κ3) is 5.24. The van der Waals surface area contributed by atoms with Crippen LogP contribution in [-0.4, -0.2) is 18.2 Å². The van der Waals surface area contributed by atoms with Gasteiger partial charge in [-0.3, -0.25) is 0 Å². The maximum absolute atomic E-state index is 11.7. The van der Waals surface area contributed by atoms with E-state index in [1.54, 1.807) is 6.92 Å². The molecule has 1 atom stereocenters. The van der Waals surface area contributed by atoms with Gasteiger partial charge in [0.1, 0.15) is 0 Å². The van der Waals surface area contributed by atoms with E-state index in [2.05, 4.69) is 29.6 Å². The molecule has 21 heavy (non-hydrogen) atoms. The average Bonchev–Trinajstić information content (AvgIpc) is 2.47. The fourth-order valence-corrected chi connectivity index (χ4v) is 3.28. The van der Waals surface area contributed by atoms with E-state index >= 15 is 0 Å². The van der Waals surface area contributed by atoms with Crippen LogP contribution in [0.2, 0.25) is 0 Å². The molecule has 1 aromatic rings. The van der Waals surface area contributed by atoms with Crippen molar-refractivity contribution in [3.8, 4) is 0 Å². The van der Waals surface area contributed by atoms with Crippen LogP contribution in [0.15, 0.2) is 30.3 Å². The summed E-state index contributed by atoms with van der Waals surface area (Å²) in [4.78, 5) is 11.7. The van der Waals surface area contributed by atoms with Crippen LogP contribution in [0, 0.1) is 5.41 Å². The Morgan fingerprint density at radius 2 is 1.95 bits per heavy atom. The van der Waals surface area contributed by atoms with Crippen LogP contribution in [0.1, 0.15) is 44.6 Å². The molecule has 4 heteroatoms. The summed E-state index contributed by atoms with van der Waals surface area (Å²) in [5.41, 5.74) is 0.885. The molecule has 1 N–H and O–H groups in total. The number of alkyl halides is 1. The summed E-state index contributed by atoms with van der Waals surface area (Å²) in [7, 11) is 0. The van der Waals surface area contributed by atoms with Gasteiger partial charge < -0.3 is 10.1 Å². The highest BCUT2D eigenvalue weighted by atomic mass is 35.5. The predicted octanol–water partition coefficient (Wildman–Crippen LogP) is 4.49. The number of hydrogen-bond donors (Lipinski definition) is 1. The van der Waals surface area contributed by atoms with Crippen molar-refractivity contribution in [2.45, 2.75) is 51.0 Å². The van der Waals surface area contributed by atoms with Gasteiger partial charge in [-0.25, -0.2) is 4.79 Å². The second kappa shape index (κ2) is 7.69.